The third-order valence-electron chi connectivity index (χ3n) is 2.84. The number of aliphatic hydroxyl groups excluding tert-OH is 1. The molecule has 0 fully saturated rings. The van der Waals surface area contributed by atoms with Crippen LogP contribution in [-0.4, -0.2) is 28.3 Å². The summed E-state index contributed by atoms with van der Waals surface area (Å²) in [6.45, 7) is 0. The maximum Gasteiger partial charge on any atom is 0.352 e. The molecule has 1 aromatic heterocycles. The fourth-order valence-electron chi connectivity index (χ4n) is 1.78. The van der Waals surface area contributed by atoms with Crippen LogP contribution in [0.4, 0.5) is 0 Å². The standard InChI is InChI=1S/C13H10O5.C4H4S/c14-11(12(15)16)13(17)18-10-7-3-5-8-4-1-2-6-9(8)10;1-2-4-5-3-1/h1-7,11,14H,(H,15,16);1-4H. The summed E-state index contributed by atoms with van der Waals surface area (Å²) in [6, 6.07) is 16.3. The van der Waals surface area contributed by atoms with Crippen molar-refractivity contribution in [2.24, 2.45) is 0 Å². The predicted molar refractivity (Wildman–Crippen MR) is 87.5 cm³/mol. The molecule has 2 aromatic carbocycles. The van der Waals surface area contributed by atoms with E-state index in [1.54, 1.807) is 29.5 Å². The van der Waals surface area contributed by atoms with Crippen molar-refractivity contribution in [2.75, 3.05) is 0 Å². The highest BCUT2D eigenvalue weighted by atomic mass is 32.1. The van der Waals surface area contributed by atoms with Crippen LogP contribution in [0.3, 0.4) is 0 Å². The number of thiophene rings is 1. The van der Waals surface area contributed by atoms with E-state index in [0.29, 0.717) is 5.39 Å². The molecule has 23 heavy (non-hydrogen) atoms. The third-order valence-corrected chi connectivity index (χ3v) is 3.47. The quantitative estimate of drug-likeness (QED) is 0.438. The van der Waals surface area contributed by atoms with E-state index in [1.807, 2.05) is 41.1 Å². The number of esters is 1. The zero-order valence-electron chi connectivity index (χ0n) is 12.0. The Morgan fingerprint density at radius 2 is 1.61 bits per heavy atom. The van der Waals surface area contributed by atoms with Gasteiger partial charge in [0.05, 0.1) is 0 Å². The smallest absolute Gasteiger partial charge is 0.352 e. The van der Waals surface area contributed by atoms with Crippen molar-refractivity contribution in [3.05, 3.63) is 65.4 Å². The first-order chi connectivity index (χ1) is 11.1. The van der Waals surface area contributed by atoms with Gasteiger partial charge in [0.2, 0.25) is 6.10 Å². The number of benzene rings is 2. The number of carbonyl (C=O) groups excluding carboxylic acids is 1. The van der Waals surface area contributed by atoms with Crippen molar-refractivity contribution < 1.29 is 24.5 Å². The lowest BCUT2D eigenvalue weighted by Crippen LogP contribution is -2.33. The van der Waals surface area contributed by atoms with E-state index in [1.165, 1.54) is 6.07 Å². The fourth-order valence-corrected chi connectivity index (χ4v) is 2.23. The Hall–Kier alpha value is -2.70. The molecule has 0 spiro atoms. The van der Waals surface area contributed by atoms with Crippen molar-refractivity contribution in [3.8, 4) is 5.75 Å². The van der Waals surface area contributed by atoms with Gasteiger partial charge in [-0.15, -0.1) is 0 Å². The summed E-state index contributed by atoms with van der Waals surface area (Å²) in [5, 5.41) is 23.2. The maximum atomic E-state index is 11.3. The number of hydrogen-bond acceptors (Lipinski definition) is 5. The summed E-state index contributed by atoms with van der Waals surface area (Å²) in [7, 11) is 0. The number of carboxylic acids is 1. The Morgan fingerprint density at radius 1 is 0.957 bits per heavy atom. The van der Waals surface area contributed by atoms with E-state index in [-0.39, 0.29) is 5.75 Å². The first kappa shape index (κ1) is 16.7. The number of carboxylic acid groups (broad SMARTS) is 1. The molecule has 0 aliphatic heterocycles. The minimum Gasteiger partial charge on any atom is -0.479 e. The molecule has 0 saturated heterocycles. The molecular formula is C17H14O5S. The highest BCUT2D eigenvalue weighted by Crippen LogP contribution is 2.25. The van der Waals surface area contributed by atoms with Gasteiger partial charge in [0.25, 0.3) is 0 Å². The Morgan fingerprint density at radius 3 is 2.22 bits per heavy atom. The zero-order chi connectivity index (χ0) is 16.7. The Bertz CT molecular complexity index is 760. The zero-order valence-corrected chi connectivity index (χ0v) is 12.8. The van der Waals surface area contributed by atoms with Crippen molar-refractivity contribution >= 4 is 34.0 Å². The van der Waals surface area contributed by atoms with Crippen LogP contribution in [0.2, 0.25) is 0 Å². The largest absolute Gasteiger partial charge is 0.479 e. The molecule has 0 aliphatic rings. The molecule has 1 unspecified atom stereocenters. The molecule has 0 bridgehead atoms. The van der Waals surface area contributed by atoms with Gasteiger partial charge in [-0.2, -0.15) is 11.3 Å². The number of aliphatic hydroxyl groups is 1. The second kappa shape index (κ2) is 8.07. The number of carbonyl (C=O) groups is 2. The molecule has 6 heteroatoms. The van der Waals surface area contributed by atoms with Crippen LogP contribution >= 0.6 is 11.3 Å². The Labute approximate surface area is 136 Å². The summed E-state index contributed by atoms with van der Waals surface area (Å²) < 4.78 is 4.88. The lowest BCUT2D eigenvalue weighted by atomic mass is 10.1. The first-order valence-electron chi connectivity index (χ1n) is 6.67. The van der Waals surface area contributed by atoms with Crippen LogP contribution in [-0.2, 0) is 9.59 Å². The molecule has 1 heterocycles. The highest BCUT2D eigenvalue weighted by molar-refractivity contribution is 7.07. The normalized spacial score (nSPS) is 11.2. The van der Waals surface area contributed by atoms with Gasteiger partial charge in [0.15, 0.2) is 0 Å². The van der Waals surface area contributed by atoms with Crippen LogP contribution in [0, 0.1) is 0 Å². The van der Waals surface area contributed by atoms with E-state index in [9.17, 15) is 9.59 Å². The van der Waals surface area contributed by atoms with Crippen LogP contribution in [0.5, 0.6) is 5.75 Å². The van der Waals surface area contributed by atoms with E-state index in [4.69, 9.17) is 14.9 Å². The second-order valence-electron chi connectivity index (χ2n) is 4.43. The predicted octanol–water partition coefficient (Wildman–Crippen LogP) is 2.94. The van der Waals surface area contributed by atoms with E-state index >= 15 is 0 Å². The van der Waals surface area contributed by atoms with Gasteiger partial charge in [-0.25, -0.2) is 9.59 Å². The van der Waals surface area contributed by atoms with Gasteiger partial charge >= 0.3 is 11.9 Å². The highest BCUT2D eigenvalue weighted by Gasteiger charge is 2.25. The molecule has 2 N–H and O–H groups in total. The summed E-state index contributed by atoms with van der Waals surface area (Å²) in [5.41, 5.74) is 0. The Kier molecular flexibility index (Phi) is 5.85. The lowest BCUT2D eigenvalue weighted by Gasteiger charge is -2.09. The van der Waals surface area contributed by atoms with Gasteiger partial charge in [-0.3, -0.25) is 0 Å². The summed E-state index contributed by atoms with van der Waals surface area (Å²) >= 11 is 1.71. The minimum atomic E-state index is -2.18. The third kappa shape index (κ3) is 4.64. The van der Waals surface area contributed by atoms with Crippen molar-refractivity contribution in [2.45, 2.75) is 6.10 Å². The molecule has 1 atom stereocenters. The molecule has 3 rings (SSSR count). The molecular weight excluding hydrogens is 316 g/mol. The van der Waals surface area contributed by atoms with Gasteiger partial charge in [0.1, 0.15) is 5.75 Å². The first-order valence-corrected chi connectivity index (χ1v) is 7.61. The molecule has 5 nitrogen and oxygen atoms in total. The number of ether oxygens (including phenoxy) is 1. The minimum absolute atomic E-state index is 0.221. The number of rotatable bonds is 3. The van der Waals surface area contributed by atoms with E-state index in [0.717, 1.165) is 5.39 Å². The van der Waals surface area contributed by atoms with Crippen molar-refractivity contribution in [1.82, 2.24) is 0 Å². The number of hydrogen-bond donors (Lipinski definition) is 2. The van der Waals surface area contributed by atoms with E-state index < -0.39 is 18.0 Å². The fraction of sp³-hybridized carbons (Fsp3) is 0.0588. The topological polar surface area (TPSA) is 83.8 Å². The van der Waals surface area contributed by atoms with Crippen LogP contribution in [0.15, 0.2) is 65.4 Å². The average Bonchev–Trinajstić information content (AvgIpc) is 3.14. The van der Waals surface area contributed by atoms with Gasteiger partial charge in [0, 0.05) is 5.39 Å². The molecule has 0 aliphatic carbocycles. The monoisotopic (exact) mass is 330 g/mol. The second-order valence-corrected chi connectivity index (χ2v) is 5.25. The summed E-state index contributed by atoms with van der Waals surface area (Å²) in [6.07, 6.45) is -2.18. The van der Waals surface area contributed by atoms with Crippen molar-refractivity contribution in [1.29, 1.82) is 0 Å². The molecule has 0 radical (unpaired) electrons. The number of aliphatic carboxylic acids is 1. The van der Waals surface area contributed by atoms with Crippen molar-refractivity contribution in [3.63, 3.8) is 0 Å². The molecule has 118 valence electrons. The van der Waals surface area contributed by atoms with Crippen LogP contribution in [0.25, 0.3) is 10.8 Å². The Balaban J connectivity index is 0.000000326. The average molecular weight is 330 g/mol. The summed E-state index contributed by atoms with van der Waals surface area (Å²) in [5.74, 6) is -2.63. The molecule has 0 saturated carbocycles. The SMILES string of the molecule is O=C(O)C(O)C(=O)Oc1cccc2ccccc12.c1ccsc1. The van der Waals surface area contributed by atoms with Gasteiger partial charge < -0.3 is 14.9 Å². The lowest BCUT2D eigenvalue weighted by molar-refractivity contribution is -0.159. The van der Waals surface area contributed by atoms with E-state index in [2.05, 4.69) is 0 Å². The maximum absolute atomic E-state index is 11.3. The summed E-state index contributed by atoms with van der Waals surface area (Å²) in [4.78, 5) is 21.8. The van der Waals surface area contributed by atoms with Crippen LogP contribution < -0.4 is 4.74 Å². The molecule has 0 amide bonds. The number of fused-ring (bicyclic) bond motifs is 1. The van der Waals surface area contributed by atoms with Gasteiger partial charge in [-0.05, 0) is 22.2 Å². The van der Waals surface area contributed by atoms with Gasteiger partial charge in [-0.1, -0.05) is 48.5 Å². The van der Waals surface area contributed by atoms with Crippen LogP contribution in [0.1, 0.15) is 0 Å². The molecule has 3 aromatic rings.